The van der Waals surface area contributed by atoms with Crippen molar-refractivity contribution in [3.63, 3.8) is 0 Å². The van der Waals surface area contributed by atoms with E-state index in [1.807, 2.05) is 12.2 Å². The summed E-state index contributed by atoms with van der Waals surface area (Å²) in [4.78, 5) is 11.9. The molecule has 82 valence electrons. The highest BCUT2D eigenvalue weighted by molar-refractivity contribution is 6.30. The molecule has 0 aromatic carbocycles. The van der Waals surface area contributed by atoms with Crippen molar-refractivity contribution >= 4 is 17.4 Å². The van der Waals surface area contributed by atoms with E-state index >= 15 is 0 Å². The van der Waals surface area contributed by atoms with Gasteiger partial charge in [-0.3, -0.25) is 4.79 Å². The number of hydrogen-bond acceptors (Lipinski definition) is 1. The van der Waals surface area contributed by atoms with Crippen LogP contribution in [0.2, 0.25) is 0 Å². The van der Waals surface area contributed by atoms with Gasteiger partial charge < -0.3 is 0 Å². The van der Waals surface area contributed by atoms with E-state index in [-0.39, 0.29) is 11.8 Å². The summed E-state index contributed by atoms with van der Waals surface area (Å²) in [6, 6.07) is 0. The topological polar surface area (TPSA) is 17.1 Å². The second-order valence-corrected chi connectivity index (χ2v) is 5.08. The molecule has 0 aromatic heterocycles. The molecule has 2 aliphatic carbocycles. The molecule has 0 radical (unpaired) electrons. The maximum absolute atomic E-state index is 11.9. The predicted molar refractivity (Wildman–Crippen MR) is 62.7 cm³/mol. The van der Waals surface area contributed by atoms with E-state index in [1.165, 1.54) is 6.42 Å². The monoisotopic (exact) mass is 224 g/mol. The number of halogens is 1. The molecule has 1 fully saturated rings. The summed E-state index contributed by atoms with van der Waals surface area (Å²) in [6.45, 7) is 2.15. The van der Waals surface area contributed by atoms with Gasteiger partial charge in [-0.15, -0.1) is 0 Å². The van der Waals surface area contributed by atoms with Crippen molar-refractivity contribution in [1.29, 1.82) is 0 Å². The molecule has 0 aliphatic heterocycles. The maximum atomic E-state index is 11.9. The number of Topliss-reactive ketones (excluding diaryl/α,β-unsaturated/α-hetero) is 1. The van der Waals surface area contributed by atoms with Gasteiger partial charge in [0.25, 0.3) is 0 Å². The summed E-state index contributed by atoms with van der Waals surface area (Å²) in [5.41, 5.74) is 0. The Bertz CT molecular complexity index is 316. The van der Waals surface area contributed by atoms with Gasteiger partial charge in [0.2, 0.25) is 0 Å². The fourth-order valence-electron chi connectivity index (χ4n) is 2.75. The van der Waals surface area contributed by atoms with Gasteiger partial charge in [-0.25, -0.2) is 0 Å². The van der Waals surface area contributed by atoms with Gasteiger partial charge in [0, 0.05) is 23.3 Å². The number of carbonyl (C=O) groups excluding carboxylic acids is 1. The molecule has 3 atom stereocenters. The Balaban J connectivity index is 2.18. The molecule has 0 spiro atoms. The lowest BCUT2D eigenvalue weighted by molar-refractivity contribution is -0.126. The molecule has 0 N–H and O–H groups in total. The second-order valence-electron chi connectivity index (χ2n) is 4.64. The molecular formula is C13H17ClO. The molecule has 2 rings (SSSR count). The molecule has 2 unspecified atom stereocenters. The summed E-state index contributed by atoms with van der Waals surface area (Å²) in [5.74, 6) is 1.22. The van der Waals surface area contributed by atoms with E-state index in [0.717, 1.165) is 24.3 Å². The largest absolute Gasteiger partial charge is 0.299 e. The van der Waals surface area contributed by atoms with Gasteiger partial charge >= 0.3 is 0 Å². The number of allylic oxidation sites excluding steroid dienone is 4. The third-order valence-electron chi connectivity index (χ3n) is 3.59. The van der Waals surface area contributed by atoms with Crippen molar-refractivity contribution in [2.45, 2.75) is 32.6 Å². The van der Waals surface area contributed by atoms with Gasteiger partial charge in [-0.2, -0.15) is 0 Å². The zero-order valence-corrected chi connectivity index (χ0v) is 9.83. The molecule has 1 saturated carbocycles. The van der Waals surface area contributed by atoms with Gasteiger partial charge in [0.15, 0.2) is 0 Å². The normalized spacial score (nSPS) is 36.5. The first-order valence-electron chi connectivity index (χ1n) is 5.76. The van der Waals surface area contributed by atoms with Crippen LogP contribution in [0.25, 0.3) is 0 Å². The first kappa shape index (κ1) is 10.9. The number of carbonyl (C=O) groups is 1. The third kappa shape index (κ3) is 2.17. The van der Waals surface area contributed by atoms with E-state index in [1.54, 1.807) is 0 Å². The van der Waals surface area contributed by atoms with E-state index in [4.69, 9.17) is 11.6 Å². The Morgan fingerprint density at radius 3 is 2.87 bits per heavy atom. The number of hydrogen-bond donors (Lipinski definition) is 0. The first-order chi connectivity index (χ1) is 7.20. The van der Waals surface area contributed by atoms with E-state index in [9.17, 15) is 4.79 Å². The molecule has 2 aliphatic rings. The number of rotatable bonds is 1. The number of ketones is 1. The molecule has 1 nitrogen and oxygen atoms in total. The minimum absolute atomic E-state index is 0.169. The molecule has 0 saturated heterocycles. The summed E-state index contributed by atoms with van der Waals surface area (Å²) < 4.78 is 0. The van der Waals surface area contributed by atoms with Crippen molar-refractivity contribution in [3.05, 3.63) is 23.3 Å². The first-order valence-corrected chi connectivity index (χ1v) is 6.14. The molecule has 2 heteroatoms. The van der Waals surface area contributed by atoms with Crippen molar-refractivity contribution in [2.75, 3.05) is 0 Å². The fraction of sp³-hybridized carbons (Fsp3) is 0.615. The molecule has 0 amide bonds. The van der Waals surface area contributed by atoms with Crippen LogP contribution in [0.3, 0.4) is 0 Å². The summed E-state index contributed by atoms with van der Waals surface area (Å²) in [7, 11) is 0. The van der Waals surface area contributed by atoms with Crippen molar-refractivity contribution in [2.24, 2.45) is 17.8 Å². The summed E-state index contributed by atoms with van der Waals surface area (Å²) in [5, 5.41) is 0.866. The lowest BCUT2D eigenvalue weighted by atomic mass is 9.72. The van der Waals surface area contributed by atoms with Crippen molar-refractivity contribution in [1.82, 2.24) is 0 Å². The average Bonchev–Trinajstić information content (AvgIpc) is 2.20. The standard InChI is InChI=1S/C13H17ClO/c1-9-5-4-7-11(14)13(9)10-6-2-3-8-12(10)15/h4-5,7,9-10,13H,2-3,6,8H2,1H3/t9?,10-,13?/m1/s1. The Morgan fingerprint density at radius 2 is 2.20 bits per heavy atom. The Labute approximate surface area is 96.2 Å². The average molecular weight is 225 g/mol. The highest BCUT2D eigenvalue weighted by Crippen LogP contribution is 2.40. The molecular weight excluding hydrogens is 208 g/mol. The van der Waals surface area contributed by atoms with Crippen LogP contribution in [0.15, 0.2) is 23.3 Å². The second kappa shape index (κ2) is 4.52. The predicted octanol–water partition coefficient (Wildman–Crippen LogP) is 3.69. The van der Waals surface area contributed by atoms with Gasteiger partial charge in [0.1, 0.15) is 5.78 Å². The van der Waals surface area contributed by atoms with E-state index in [2.05, 4.69) is 13.0 Å². The summed E-state index contributed by atoms with van der Waals surface area (Å²) >= 11 is 6.23. The molecule has 0 aromatic rings. The van der Waals surface area contributed by atoms with Crippen LogP contribution in [-0.4, -0.2) is 5.78 Å². The third-order valence-corrected chi connectivity index (χ3v) is 3.97. The van der Waals surface area contributed by atoms with Crippen molar-refractivity contribution < 1.29 is 4.79 Å². The summed E-state index contributed by atoms with van der Waals surface area (Å²) in [6.07, 6.45) is 10.1. The van der Waals surface area contributed by atoms with Crippen LogP contribution >= 0.6 is 11.6 Å². The van der Waals surface area contributed by atoms with Crippen LogP contribution in [0, 0.1) is 17.8 Å². The lowest BCUT2D eigenvalue weighted by Gasteiger charge is -2.33. The van der Waals surface area contributed by atoms with Crippen LogP contribution < -0.4 is 0 Å². The fourth-order valence-corrected chi connectivity index (χ4v) is 3.18. The smallest absolute Gasteiger partial charge is 0.136 e. The zero-order valence-electron chi connectivity index (χ0n) is 9.08. The quantitative estimate of drug-likeness (QED) is 0.664. The van der Waals surface area contributed by atoms with Gasteiger partial charge in [-0.1, -0.05) is 37.1 Å². The Kier molecular flexibility index (Phi) is 3.30. The Hall–Kier alpha value is -0.560. The maximum Gasteiger partial charge on any atom is 0.136 e. The van der Waals surface area contributed by atoms with Crippen LogP contribution in [0.4, 0.5) is 0 Å². The highest BCUT2D eigenvalue weighted by Gasteiger charge is 2.35. The van der Waals surface area contributed by atoms with Crippen LogP contribution in [0.1, 0.15) is 32.6 Å². The van der Waals surface area contributed by atoms with Crippen LogP contribution in [0.5, 0.6) is 0 Å². The minimum Gasteiger partial charge on any atom is -0.299 e. The molecule has 0 heterocycles. The zero-order chi connectivity index (χ0) is 10.8. The molecule has 15 heavy (non-hydrogen) atoms. The highest BCUT2D eigenvalue weighted by atomic mass is 35.5. The minimum atomic E-state index is 0.169. The van der Waals surface area contributed by atoms with Crippen LogP contribution in [-0.2, 0) is 4.79 Å². The van der Waals surface area contributed by atoms with E-state index in [0.29, 0.717) is 11.7 Å². The Morgan fingerprint density at radius 1 is 1.40 bits per heavy atom. The van der Waals surface area contributed by atoms with Gasteiger partial charge in [0.05, 0.1) is 0 Å². The van der Waals surface area contributed by atoms with Crippen molar-refractivity contribution in [3.8, 4) is 0 Å². The van der Waals surface area contributed by atoms with E-state index < -0.39 is 0 Å². The van der Waals surface area contributed by atoms with Gasteiger partial charge in [-0.05, 0) is 24.8 Å². The lowest BCUT2D eigenvalue weighted by Crippen LogP contribution is -2.31. The SMILES string of the molecule is CC1C=CC=C(Cl)C1[C@@H]1CCCCC1=O. The molecule has 0 bridgehead atoms.